The lowest BCUT2D eigenvalue weighted by Gasteiger charge is -2.24. The van der Waals surface area contributed by atoms with Crippen molar-refractivity contribution in [2.45, 2.75) is 52.4 Å². The SMILES string of the molecule is CCCCCN1CCC(CCC)(C(=O)O)C1. The molecule has 1 rings (SSSR count). The van der Waals surface area contributed by atoms with Crippen LogP contribution in [0.5, 0.6) is 0 Å². The summed E-state index contributed by atoms with van der Waals surface area (Å²) >= 11 is 0. The third kappa shape index (κ3) is 3.21. The van der Waals surface area contributed by atoms with Crippen LogP contribution in [0, 0.1) is 5.41 Å². The highest BCUT2D eigenvalue weighted by Gasteiger charge is 2.43. The molecule has 1 aliphatic rings. The number of unbranched alkanes of at least 4 members (excludes halogenated alkanes) is 2. The van der Waals surface area contributed by atoms with Gasteiger partial charge in [-0.15, -0.1) is 0 Å². The first-order valence-corrected chi connectivity index (χ1v) is 6.60. The summed E-state index contributed by atoms with van der Waals surface area (Å²) in [6, 6.07) is 0. The quantitative estimate of drug-likeness (QED) is 0.680. The first-order chi connectivity index (χ1) is 7.64. The molecule has 3 nitrogen and oxygen atoms in total. The molecule has 0 amide bonds. The standard InChI is InChI=1S/C13H25NO2/c1-3-5-6-9-14-10-8-13(11-14,7-4-2)12(15)16/h3-11H2,1-2H3,(H,15,16). The van der Waals surface area contributed by atoms with Crippen LogP contribution in [0.1, 0.15) is 52.4 Å². The van der Waals surface area contributed by atoms with Gasteiger partial charge in [-0.25, -0.2) is 0 Å². The lowest BCUT2D eigenvalue weighted by molar-refractivity contribution is -0.148. The minimum Gasteiger partial charge on any atom is -0.481 e. The van der Waals surface area contributed by atoms with Gasteiger partial charge in [-0.05, 0) is 32.4 Å². The van der Waals surface area contributed by atoms with Crippen LogP contribution in [-0.2, 0) is 4.79 Å². The lowest BCUT2D eigenvalue weighted by atomic mass is 9.83. The molecule has 0 spiro atoms. The highest BCUT2D eigenvalue weighted by atomic mass is 16.4. The molecular formula is C13H25NO2. The number of carboxylic acid groups (broad SMARTS) is 1. The van der Waals surface area contributed by atoms with Crippen molar-refractivity contribution in [1.29, 1.82) is 0 Å². The predicted octanol–water partition coefficient (Wildman–Crippen LogP) is 2.75. The smallest absolute Gasteiger partial charge is 0.310 e. The maximum Gasteiger partial charge on any atom is 0.310 e. The highest BCUT2D eigenvalue weighted by molar-refractivity contribution is 5.75. The Morgan fingerprint density at radius 1 is 1.31 bits per heavy atom. The summed E-state index contributed by atoms with van der Waals surface area (Å²) in [7, 11) is 0. The van der Waals surface area contributed by atoms with Gasteiger partial charge in [-0.3, -0.25) is 4.79 Å². The van der Waals surface area contributed by atoms with Crippen molar-refractivity contribution in [2.75, 3.05) is 19.6 Å². The maximum atomic E-state index is 11.4. The fraction of sp³-hybridized carbons (Fsp3) is 0.923. The van der Waals surface area contributed by atoms with Crippen molar-refractivity contribution < 1.29 is 9.90 Å². The number of nitrogens with zero attached hydrogens (tertiary/aromatic N) is 1. The lowest BCUT2D eigenvalue weighted by Crippen LogP contribution is -2.34. The average molecular weight is 227 g/mol. The number of hydrogen-bond donors (Lipinski definition) is 1. The zero-order valence-electron chi connectivity index (χ0n) is 10.7. The van der Waals surface area contributed by atoms with Gasteiger partial charge in [0, 0.05) is 6.54 Å². The van der Waals surface area contributed by atoms with Gasteiger partial charge in [0.1, 0.15) is 0 Å². The number of carboxylic acids is 1. The second-order valence-electron chi connectivity index (χ2n) is 5.07. The molecule has 0 aromatic heterocycles. The molecule has 1 unspecified atom stereocenters. The molecule has 1 aliphatic heterocycles. The maximum absolute atomic E-state index is 11.4. The second-order valence-corrected chi connectivity index (χ2v) is 5.07. The monoisotopic (exact) mass is 227 g/mol. The predicted molar refractivity (Wildman–Crippen MR) is 65.6 cm³/mol. The van der Waals surface area contributed by atoms with Crippen LogP contribution < -0.4 is 0 Å². The van der Waals surface area contributed by atoms with Gasteiger partial charge in [-0.2, -0.15) is 0 Å². The summed E-state index contributed by atoms with van der Waals surface area (Å²) in [6.07, 6.45) is 6.32. The summed E-state index contributed by atoms with van der Waals surface area (Å²) in [5.41, 5.74) is -0.443. The van der Waals surface area contributed by atoms with Gasteiger partial charge in [0.25, 0.3) is 0 Å². The molecule has 3 heteroatoms. The number of likely N-dealkylation sites (tertiary alicyclic amines) is 1. The molecule has 0 saturated carbocycles. The van der Waals surface area contributed by atoms with Crippen LogP contribution in [0.3, 0.4) is 0 Å². The van der Waals surface area contributed by atoms with E-state index < -0.39 is 11.4 Å². The third-order valence-electron chi connectivity index (χ3n) is 3.69. The Morgan fingerprint density at radius 2 is 2.06 bits per heavy atom. The largest absolute Gasteiger partial charge is 0.481 e. The molecule has 1 atom stereocenters. The number of rotatable bonds is 7. The molecule has 1 fully saturated rings. The van der Waals surface area contributed by atoms with E-state index in [2.05, 4.69) is 18.7 Å². The van der Waals surface area contributed by atoms with E-state index in [1.54, 1.807) is 0 Å². The Kier molecular flexibility index (Phi) is 5.26. The van der Waals surface area contributed by atoms with Gasteiger partial charge < -0.3 is 10.0 Å². The van der Waals surface area contributed by atoms with E-state index in [-0.39, 0.29) is 0 Å². The summed E-state index contributed by atoms with van der Waals surface area (Å²) in [6.45, 7) is 7.08. The molecule has 0 aromatic rings. The highest BCUT2D eigenvalue weighted by Crippen LogP contribution is 2.35. The van der Waals surface area contributed by atoms with Gasteiger partial charge in [-0.1, -0.05) is 33.1 Å². The van der Waals surface area contributed by atoms with E-state index in [0.717, 1.165) is 38.9 Å². The normalized spacial score (nSPS) is 26.1. The first-order valence-electron chi connectivity index (χ1n) is 6.60. The van der Waals surface area contributed by atoms with E-state index in [1.165, 1.54) is 19.3 Å². The van der Waals surface area contributed by atoms with Crippen LogP contribution in [0.25, 0.3) is 0 Å². The van der Waals surface area contributed by atoms with Gasteiger partial charge in [0.2, 0.25) is 0 Å². The molecule has 1 heterocycles. The molecule has 94 valence electrons. The summed E-state index contributed by atoms with van der Waals surface area (Å²) in [4.78, 5) is 13.7. The molecule has 1 saturated heterocycles. The number of carbonyl (C=O) groups is 1. The minimum atomic E-state index is -0.590. The molecule has 0 aromatic carbocycles. The van der Waals surface area contributed by atoms with Crippen LogP contribution in [0.15, 0.2) is 0 Å². The number of hydrogen-bond acceptors (Lipinski definition) is 2. The molecular weight excluding hydrogens is 202 g/mol. The zero-order chi connectivity index (χ0) is 12.0. The fourth-order valence-corrected chi connectivity index (χ4v) is 2.70. The average Bonchev–Trinajstić information content (AvgIpc) is 2.64. The van der Waals surface area contributed by atoms with E-state index in [9.17, 15) is 9.90 Å². The topological polar surface area (TPSA) is 40.5 Å². The zero-order valence-corrected chi connectivity index (χ0v) is 10.7. The molecule has 0 radical (unpaired) electrons. The Morgan fingerprint density at radius 3 is 2.62 bits per heavy atom. The summed E-state index contributed by atoms with van der Waals surface area (Å²) in [5, 5.41) is 9.36. The Balaban J connectivity index is 2.43. The van der Waals surface area contributed by atoms with Gasteiger partial charge in [0.15, 0.2) is 0 Å². The Bertz CT molecular complexity index is 230. The van der Waals surface area contributed by atoms with E-state index >= 15 is 0 Å². The van der Waals surface area contributed by atoms with Crippen LogP contribution >= 0.6 is 0 Å². The third-order valence-corrected chi connectivity index (χ3v) is 3.69. The molecule has 1 N–H and O–H groups in total. The Labute approximate surface area is 98.8 Å². The van der Waals surface area contributed by atoms with Crippen molar-refractivity contribution >= 4 is 5.97 Å². The summed E-state index contributed by atoms with van der Waals surface area (Å²) in [5.74, 6) is -0.590. The molecule has 0 aliphatic carbocycles. The van der Waals surface area contributed by atoms with E-state index in [4.69, 9.17) is 0 Å². The van der Waals surface area contributed by atoms with Crippen molar-refractivity contribution in [3.63, 3.8) is 0 Å². The van der Waals surface area contributed by atoms with Crippen LogP contribution in [0.4, 0.5) is 0 Å². The molecule has 0 bridgehead atoms. The van der Waals surface area contributed by atoms with Crippen molar-refractivity contribution in [3.8, 4) is 0 Å². The van der Waals surface area contributed by atoms with Crippen molar-refractivity contribution in [2.24, 2.45) is 5.41 Å². The van der Waals surface area contributed by atoms with Gasteiger partial charge in [0.05, 0.1) is 5.41 Å². The molecule has 16 heavy (non-hydrogen) atoms. The van der Waals surface area contributed by atoms with Crippen molar-refractivity contribution in [3.05, 3.63) is 0 Å². The second kappa shape index (κ2) is 6.24. The summed E-state index contributed by atoms with van der Waals surface area (Å²) < 4.78 is 0. The van der Waals surface area contributed by atoms with Crippen LogP contribution in [0.2, 0.25) is 0 Å². The van der Waals surface area contributed by atoms with E-state index in [1.807, 2.05) is 0 Å². The van der Waals surface area contributed by atoms with Gasteiger partial charge >= 0.3 is 5.97 Å². The van der Waals surface area contributed by atoms with Crippen LogP contribution in [-0.4, -0.2) is 35.6 Å². The van der Waals surface area contributed by atoms with Crippen molar-refractivity contribution in [1.82, 2.24) is 4.90 Å². The Hall–Kier alpha value is -0.570. The minimum absolute atomic E-state index is 0.443. The first kappa shape index (κ1) is 13.5. The fourth-order valence-electron chi connectivity index (χ4n) is 2.70. The van der Waals surface area contributed by atoms with E-state index in [0.29, 0.717) is 0 Å². The number of aliphatic carboxylic acids is 1.